The van der Waals surface area contributed by atoms with Crippen LogP contribution in [0.3, 0.4) is 0 Å². The minimum absolute atomic E-state index is 0.0150. The first-order valence-corrected chi connectivity index (χ1v) is 5.25. The van der Waals surface area contributed by atoms with Gasteiger partial charge in [0.05, 0.1) is 5.69 Å². The van der Waals surface area contributed by atoms with Crippen LogP contribution in [-0.2, 0) is 4.79 Å². The predicted molar refractivity (Wildman–Crippen MR) is 65.0 cm³/mol. The zero-order valence-electron chi connectivity index (χ0n) is 9.59. The summed E-state index contributed by atoms with van der Waals surface area (Å²) in [6.07, 6.45) is 1.91. The summed E-state index contributed by atoms with van der Waals surface area (Å²) >= 11 is 0. The largest absolute Gasteiger partial charge is 0.478 e. The molecule has 0 aliphatic carbocycles. The Morgan fingerprint density at radius 1 is 1.11 bits per heavy atom. The van der Waals surface area contributed by atoms with Gasteiger partial charge < -0.3 is 10.2 Å². The van der Waals surface area contributed by atoms with E-state index in [0.29, 0.717) is 5.69 Å². The first-order chi connectivity index (χ1) is 9.08. The number of hydrogen-bond acceptors (Lipinski definition) is 4. The fourth-order valence-corrected chi connectivity index (χ4v) is 1.41. The molecule has 0 spiro atoms. The van der Waals surface area contributed by atoms with E-state index < -0.39 is 11.9 Å². The third kappa shape index (κ3) is 2.83. The van der Waals surface area contributed by atoms with Crippen LogP contribution in [0, 0.1) is 0 Å². The van der Waals surface area contributed by atoms with E-state index in [0.717, 1.165) is 16.9 Å². The Labute approximate surface area is 107 Å². The van der Waals surface area contributed by atoms with Crippen molar-refractivity contribution in [3.05, 3.63) is 47.8 Å². The van der Waals surface area contributed by atoms with Crippen LogP contribution in [0.4, 0.5) is 0 Å². The third-order valence-corrected chi connectivity index (χ3v) is 2.21. The minimum atomic E-state index is -1.27. The van der Waals surface area contributed by atoms with Gasteiger partial charge in [-0.15, -0.1) is 10.2 Å². The number of carbonyl (C=O) groups is 2. The smallest absolute Gasteiger partial charge is 0.358 e. The summed E-state index contributed by atoms with van der Waals surface area (Å²) in [5.74, 6) is -2.46. The minimum Gasteiger partial charge on any atom is -0.478 e. The Morgan fingerprint density at radius 3 is 2.37 bits per heavy atom. The number of benzene rings is 1. The highest BCUT2D eigenvalue weighted by Crippen LogP contribution is 2.10. The van der Waals surface area contributed by atoms with E-state index in [1.165, 1.54) is 0 Å². The van der Waals surface area contributed by atoms with Crippen LogP contribution in [0.2, 0.25) is 0 Å². The summed E-state index contributed by atoms with van der Waals surface area (Å²) in [5, 5.41) is 25.3. The number of aromatic carboxylic acids is 1. The van der Waals surface area contributed by atoms with Gasteiger partial charge in [0.15, 0.2) is 5.69 Å². The van der Waals surface area contributed by atoms with Crippen LogP contribution in [0.15, 0.2) is 36.4 Å². The van der Waals surface area contributed by atoms with Gasteiger partial charge in [0.2, 0.25) is 0 Å². The summed E-state index contributed by atoms with van der Waals surface area (Å²) in [6.45, 7) is 0. The second-order valence-electron chi connectivity index (χ2n) is 3.54. The number of rotatable bonds is 4. The Morgan fingerprint density at radius 2 is 1.79 bits per heavy atom. The normalized spacial score (nSPS) is 10.7. The molecule has 0 aliphatic rings. The van der Waals surface area contributed by atoms with Crippen LogP contribution >= 0.6 is 0 Å². The van der Waals surface area contributed by atoms with Crippen molar-refractivity contribution in [1.82, 2.24) is 15.0 Å². The van der Waals surface area contributed by atoms with Crippen LogP contribution in [0.25, 0.3) is 11.8 Å². The fraction of sp³-hybridized carbons (Fsp3) is 0. The van der Waals surface area contributed by atoms with Gasteiger partial charge in [0.25, 0.3) is 0 Å². The number of para-hydroxylation sites is 1. The number of nitrogens with zero attached hydrogens (tertiary/aromatic N) is 3. The van der Waals surface area contributed by atoms with Gasteiger partial charge in [-0.25, -0.2) is 9.59 Å². The Balaban J connectivity index is 2.47. The highest BCUT2D eigenvalue weighted by molar-refractivity contribution is 5.91. The lowest BCUT2D eigenvalue weighted by Gasteiger charge is -1.96. The Hall–Kier alpha value is -2.96. The molecule has 1 heterocycles. The molecule has 96 valence electrons. The molecule has 1 aromatic heterocycles. The third-order valence-electron chi connectivity index (χ3n) is 2.21. The van der Waals surface area contributed by atoms with E-state index in [9.17, 15) is 9.59 Å². The average Bonchev–Trinajstić information content (AvgIpc) is 2.81. The van der Waals surface area contributed by atoms with E-state index in [1.807, 2.05) is 0 Å². The number of hydrogen-bond donors (Lipinski definition) is 2. The lowest BCUT2D eigenvalue weighted by molar-refractivity contribution is -0.131. The average molecular weight is 259 g/mol. The SMILES string of the molecule is O=C(O)/C=C\c1nn(-c2ccccc2)nc1C(=O)O. The van der Waals surface area contributed by atoms with Crippen molar-refractivity contribution in [2.24, 2.45) is 0 Å². The monoisotopic (exact) mass is 259 g/mol. The van der Waals surface area contributed by atoms with Crippen molar-refractivity contribution in [2.75, 3.05) is 0 Å². The molecule has 7 nitrogen and oxygen atoms in total. The molecule has 0 atom stereocenters. The van der Waals surface area contributed by atoms with Gasteiger partial charge in [-0.05, 0) is 18.2 Å². The van der Waals surface area contributed by atoms with Crippen LogP contribution in [0.1, 0.15) is 16.2 Å². The zero-order valence-corrected chi connectivity index (χ0v) is 9.59. The number of aliphatic carboxylic acids is 1. The van der Waals surface area contributed by atoms with Gasteiger partial charge >= 0.3 is 11.9 Å². The van der Waals surface area contributed by atoms with Crippen molar-refractivity contribution < 1.29 is 19.8 Å². The van der Waals surface area contributed by atoms with Gasteiger partial charge in [-0.2, -0.15) is 4.80 Å². The van der Waals surface area contributed by atoms with Crippen molar-refractivity contribution in [3.63, 3.8) is 0 Å². The van der Waals surface area contributed by atoms with Crippen LogP contribution < -0.4 is 0 Å². The molecule has 0 radical (unpaired) electrons. The molecule has 0 saturated heterocycles. The topological polar surface area (TPSA) is 105 Å². The molecule has 2 N–H and O–H groups in total. The number of carboxylic acid groups (broad SMARTS) is 2. The standard InChI is InChI=1S/C12H9N3O4/c16-10(17)7-6-9-11(12(18)19)14-15(13-9)8-4-2-1-3-5-8/h1-7H,(H,16,17)(H,18,19)/b7-6-. The second-order valence-corrected chi connectivity index (χ2v) is 3.54. The van der Waals surface area contributed by atoms with Gasteiger partial charge in [0, 0.05) is 6.08 Å². The summed E-state index contributed by atoms with van der Waals surface area (Å²) in [6, 6.07) is 8.72. The molecule has 7 heteroatoms. The quantitative estimate of drug-likeness (QED) is 0.795. The van der Waals surface area contributed by atoms with Gasteiger partial charge in [0.1, 0.15) is 5.69 Å². The fourth-order valence-electron chi connectivity index (χ4n) is 1.41. The second kappa shape index (κ2) is 5.13. The highest BCUT2D eigenvalue weighted by Gasteiger charge is 2.16. The molecular formula is C12H9N3O4. The lowest BCUT2D eigenvalue weighted by atomic mass is 10.3. The maximum atomic E-state index is 11.0. The first kappa shape index (κ1) is 12.5. The number of carboxylic acids is 2. The first-order valence-electron chi connectivity index (χ1n) is 5.25. The van der Waals surface area contributed by atoms with Gasteiger partial charge in [-0.1, -0.05) is 18.2 Å². The van der Waals surface area contributed by atoms with Crippen LogP contribution in [-0.4, -0.2) is 37.1 Å². The van der Waals surface area contributed by atoms with E-state index in [-0.39, 0.29) is 11.4 Å². The molecule has 19 heavy (non-hydrogen) atoms. The molecule has 1 aromatic carbocycles. The van der Waals surface area contributed by atoms with Crippen molar-refractivity contribution in [1.29, 1.82) is 0 Å². The van der Waals surface area contributed by atoms with Crippen molar-refractivity contribution in [3.8, 4) is 5.69 Å². The van der Waals surface area contributed by atoms with E-state index in [2.05, 4.69) is 10.2 Å². The van der Waals surface area contributed by atoms with E-state index in [4.69, 9.17) is 10.2 Å². The lowest BCUT2D eigenvalue weighted by Crippen LogP contribution is -2.02. The molecule has 0 aliphatic heterocycles. The molecule has 2 aromatic rings. The highest BCUT2D eigenvalue weighted by atomic mass is 16.4. The summed E-state index contributed by atoms with van der Waals surface area (Å²) in [7, 11) is 0. The number of aromatic nitrogens is 3. The molecule has 0 saturated carbocycles. The Kier molecular flexibility index (Phi) is 3.37. The van der Waals surface area contributed by atoms with E-state index >= 15 is 0 Å². The zero-order chi connectivity index (χ0) is 13.8. The van der Waals surface area contributed by atoms with Crippen molar-refractivity contribution in [2.45, 2.75) is 0 Å². The molecular weight excluding hydrogens is 250 g/mol. The summed E-state index contributed by atoms with van der Waals surface area (Å²) in [5.41, 5.74) is 0.264. The molecule has 0 fully saturated rings. The van der Waals surface area contributed by atoms with Crippen LogP contribution in [0.5, 0.6) is 0 Å². The molecule has 0 bridgehead atoms. The predicted octanol–water partition coefficient (Wildman–Crippen LogP) is 1.06. The Bertz CT molecular complexity index is 646. The molecule has 0 unspecified atom stereocenters. The molecule has 0 amide bonds. The van der Waals surface area contributed by atoms with E-state index in [1.54, 1.807) is 30.3 Å². The maximum Gasteiger partial charge on any atom is 0.358 e. The molecule has 2 rings (SSSR count). The summed E-state index contributed by atoms with van der Waals surface area (Å²) in [4.78, 5) is 22.6. The van der Waals surface area contributed by atoms with Gasteiger partial charge in [-0.3, -0.25) is 0 Å². The summed E-state index contributed by atoms with van der Waals surface area (Å²) < 4.78 is 0. The maximum absolute atomic E-state index is 11.0. The van der Waals surface area contributed by atoms with Crippen molar-refractivity contribution >= 4 is 18.0 Å².